The van der Waals surface area contributed by atoms with Crippen LogP contribution < -0.4 is 0 Å². The van der Waals surface area contributed by atoms with E-state index >= 15 is 0 Å². The third-order valence-corrected chi connectivity index (χ3v) is 4.83. The average molecular weight is 325 g/mol. The molecule has 0 heterocycles. The predicted molar refractivity (Wildman–Crippen MR) is 93.9 cm³/mol. The van der Waals surface area contributed by atoms with Gasteiger partial charge < -0.3 is 4.90 Å². The van der Waals surface area contributed by atoms with E-state index in [1.807, 2.05) is 29.2 Å². The zero-order chi connectivity index (χ0) is 16.9. The van der Waals surface area contributed by atoms with Crippen LogP contribution in [0.5, 0.6) is 0 Å². The minimum atomic E-state index is -0.243. The molecule has 1 amide bonds. The Hall–Kier alpha value is -2.16. The van der Waals surface area contributed by atoms with Gasteiger partial charge in [-0.25, -0.2) is 4.39 Å². The van der Waals surface area contributed by atoms with E-state index in [4.69, 9.17) is 0 Å². The minimum absolute atomic E-state index is 0.155. The van der Waals surface area contributed by atoms with Gasteiger partial charge in [-0.3, -0.25) is 4.79 Å². The molecule has 3 rings (SSSR count). The Morgan fingerprint density at radius 1 is 1.12 bits per heavy atom. The van der Waals surface area contributed by atoms with Crippen molar-refractivity contribution in [3.05, 3.63) is 71.5 Å². The molecule has 1 fully saturated rings. The van der Waals surface area contributed by atoms with Crippen molar-refractivity contribution in [1.29, 1.82) is 0 Å². The molecule has 0 aliphatic heterocycles. The zero-order valence-corrected chi connectivity index (χ0v) is 14.1. The molecule has 1 aliphatic carbocycles. The van der Waals surface area contributed by atoms with Gasteiger partial charge >= 0.3 is 0 Å². The molecule has 1 atom stereocenters. The second-order valence-electron chi connectivity index (χ2n) is 6.72. The number of rotatable bonds is 7. The SMILES string of the molecule is CC(C1CC1)N(Cc1ccccc1)C(=O)CCc1cccc(F)c1. The smallest absolute Gasteiger partial charge is 0.223 e. The highest BCUT2D eigenvalue weighted by molar-refractivity contribution is 5.77. The van der Waals surface area contributed by atoms with Gasteiger partial charge in [0.25, 0.3) is 0 Å². The fraction of sp³-hybridized carbons (Fsp3) is 0.381. The van der Waals surface area contributed by atoms with Crippen molar-refractivity contribution in [2.45, 2.75) is 45.2 Å². The zero-order valence-electron chi connectivity index (χ0n) is 14.1. The Balaban J connectivity index is 1.66. The Kier molecular flexibility index (Phi) is 5.29. The van der Waals surface area contributed by atoms with Crippen LogP contribution in [0.25, 0.3) is 0 Å². The molecule has 2 aromatic carbocycles. The molecule has 1 saturated carbocycles. The lowest BCUT2D eigenvalue weighted by molar-refractivity contribution is -0.134. The number of benzene rings is 2. The first kappa shape index (κ1) is 16.7. The Labute approximate surface area is 143 Å². The number of carbonyl (C=O) groups excluding carboxylic acids is 1. The van der Waals surface area contributed by atoms with E-state index in [9.17, 15) is 9.18 Å². The van der Waals surface area contributed by atoms with E-state index in [1.165, 1.54) is 25.0 Å². The molecule has 1 aliphatic rings. The molecule has 0 saturated heterocycles. The van der Waals surface area contributed by atoms with Crippen LogP contribution >= 0.6 is 0 Å². The van der Waals surface area contributed by atoms with Gasteiger partial charge in [-0.2, -0.15) is 0 Å². The van der Waals surface area contributed by atoms with Crippen molar-refractivity contribution < 1.29 is 9.18 Å². The van der Waals surface area contributed by atoms with Gasteiger partial charge in [0.15, 0.2) is 0 Å². The highest BCUT2D eigenvalue weighted by Gasteiger charge is 2.34. The standard InChI is InChI=1S/C21H24FNO/c1-16(19-11-12-19)23(15-18-6-3-2-4-7-18)21(24)13-10-17-8-5-9-20(22)14-17/h2-9,14,16,19H,10-13,15H2,1H3. The second-order valence-corrected chi connectivity index (χ2v) is 6.72. The van der Waals surface area contributed by atoms with Crippen molar-refractivity contribution in [3.63, 3.8) is 0 Å². The molecule has 1 unspecified atom stereocenters. The number of halogens is 1. The molecular formula is C21H24FNO. The number of hydrogen-bond acceptors (Lipinski definition) is 1. The molecule has 0 aromatic heterocycles. The number of aryl methyl sites for hydroxylation is 1. The first-order valence-electron chi connectivity index (χ1n) is 8.71. The lowest BCUT2D eigenvalue weighted by Crippen LogP contribution is -2.39. The van der Waals surface area contributed by atoms with Crippen LogP contribution in [-0.2, 0) is 17.8 Å². The average Bonchev–Trinajstić information content (AvgIpc) is 3.43. The summed E-state index contributed by atoms with van der Waals surface area (Å²) in [5.41, 5.74) is 2.03. The fourth-order valence-corrected chi connectivity index (χ4v) is 3.16. The molecule has 2 nitrogen and oxygen atoms in total. The molecule has 24 heavy (non-hydrogen) atoms. The summed E-state index contributed by atoms with van der Waals surface area (Å²) in [6.45, 7) is 2.81. The normalized spacial score (nSPS) is 15.1. The summed E-state index contributed by atoms with van der Waals surface area (Å²) in [5.74, 6) is 0.543. The van der Waals surface area contributed by atoms with Crippen molar-refractivity contribution in [1.82, 2.24) is 4.90 Å². The van der Waals surface area contributed by atoms with Crippen molar-refractivity contribution in [2.75, 3.05) is 0 Å². The number of carbonyl (C=O) groups is 1. The van der Waals surface area contributed by atoms with Crippen LogP contribution in [0.3, 0.4) is 0 Å². The van der Waals surface area contributed by atoms with Crippen LogP contribution in [-0.4, -0.2) is 16.8 Å². The Bertz CT molecular complexity index is 681. The second kappa shape index (κ2) is 7.61. The molecule has 0 radical (unpaired) electrons. The van der Waals surface area contributed by atoms with Gasteiger partial charge in [0, 0.05) is 19.0 Å². The molecule has 0 N–H and O–H groups in total. The van der Waals surface area contributed by atoms with Crippen LogP contribution in [0.15, 0.2) is 54.6 Å². The third-order valence-electron chi connectivity index (χ3n) is 4.83. The van der Waals surface area contributed by atoms with E-state index in [2.05, 4.69) is 19.1 Å². The minimum Gasteiger partial charge on any atom is -0.335 e. The van der Waals surface area contributed by atoms with Crippen LogP contribution in [0.1, 0.15) is 37.3 Å². The number of nitrogens with zero attached hydrogens (tertiary/aromatic N) is 1. The summed E-state index contributed by atoms with van der Waals surface area (Å²) >= 11 is 0. The van der Waals surface area contributed by atoms with Gasteiger partial charge in [-0.1, -0.05) is 42.5 Å². The summed E-state index contributed by atoms with van der Waals surface area (Å²) in [5, 5.41) is 0. The first-order valence-corrected chi connectivity index (χ1v) is 8.71. The van der Waals surface area contributed by atoms with Crippen LogP contribution in [0, 0.1) is 11.7 Å². The van der Waals surface area contributed by atoms with E-state index in [-0.39, 0.29) is 17.8 Å². The fourth-order valence-electron chi connectivity index (χ4n) is 3.16. The monoisotopic (exact) mass is 325 g/mol. The number of hydrogen-bond donors (Lipinski definition) is 0. The van der Waals surface area contributed by atoms with Crippen LogP contribution in [0.4, 0.5) is 4.39 Å². The van der Waals surface area contributed by atoms with E-state index in [1.54, 1.807) is 6.07 Å². The maximum atomic E-state index is 13.3. The first-order chi connectivity index (χ1) is 11.6. The van der Waals surface area contributed by atoms with Crippen LogP contribution in [0.2, 0.25) is 0 Å². The molecule has 0 bridgehead atoms. The molecule has 3 heteroatoms. The van der Waals surface area contributed by atoms with Gasteiger partial charge in [-0.05, 0) is 55.4 Å². The molecular weight excluding hydrogens is 301 g/mol. The Morgan fingerprint density at radius 2 is 1.83 bits per heavy atom. The summed E-state index contributed by atoms with van der Waals surface area (Å²) in [4.78, 5) is 14.8. The maximum absolute atomic E-state index is 13.3. The van der Waals surface area contributed by atoms with Gasteiger partial charge in [0.05, 0.1) is 0 Å². The van der Waals surface area contributed by atoms with Gasteiger partial charge in [-0.15, -0.1) is 0 Å². The molecule has 126 valence electrons. The van der Waals surface area contributed by atoms with Gasteiger partial charge in [0.2, 0.25) is 5.91 Å². The van der Waals surface area contributed by atoms with Gasteiger partial charge in [0.1, 0.15) is 5.82 Å². The largest absolute Gasteiger partial charge is 0.335 e. The lowest BCUT2D eigenvalue weighted by Gasteiger charge is -2.30. The predicted octanol–water partition coefficient (Wildman–Crippen LogP) is 4.59. The summed E-state index contributed by atoms with van der Waals surface area (Å²) in [6, 6.07) is 16.9. The van der Waals surface area contributed by atoms with Crippen molar-refractivity contribution in [3.8, 4) is 0 Å². The molecule has 2 aromatic rings. The van der Waals surface area contributed by atoms with E-state index < -0.39 is 0 Å². The lowest BCUT2D eigenvalue weighted by atomic mass is 10.1. The summed E-state index contributed by atoms with van der Waals surface area (Å²) in [6.07, 6.45) is 3.43. The van der Waals surface area contributed by atoms with Crippen molar-refractivity contribution >= 4 is 5.91 Å². The number of amides is 1. The summed E-state index contributed by atoms with van der Waals surface area (Å²) < 4.78 is 13.3. The highest BCUT2D eigenvalue weighted by atomic mass is 19.1. The highest BCUT2D eigenvalue weighted by Crippen LogP contribution is 2.36. The quantitative estimate of drug-likeness (QED) is 0.729. The topological polar surface area (TPSA) is 20.3 Å². The summed E-state index contributed by atoms with van der Waals surface area (Å²) in [7, 11) is 0. The van der Waals surface area contributed by atoms with E-state index in [0.29, 0.717) is 25.3 Å². The third kappa shape index (κ3) is 4.44. The molecule has 0 spiro atoms. The Morgan fingerprint density at radius 3 is 2.50 bits per heavy atom. The maximum Gasteiger partial charge on any atom is 0.223 e. The van der Waals surface area contributed by atoms with E-state index in [0.717, 1.165) is 11.1 Å². The van der Waals surface area contributed by atoms with Crippen molar-refractivity contribution in [2.24, 2.45) is 5.92 Å².